The summed E-state index contributed by atoms with van der Waals surface area (Å²) >= 11 is 0. The smallest absolute Gasteiger partial charge is 0.286 e. The zero-order valence-electron chi connectivity index (χ0n) is 10.6. The van der Waals surface area contributed by atoms with Crippen molar-refractivity contribution in [2.45, 2.75) is 13.8 Å². The van der Waals surface area contributed by atoms with Gasteiger partial charge in [-0.15, -0.1) is 10.2 Å². The van der Waals surface area contributed by atoms with Crippen LogP contribution in [0.25, 0.3) is 10.9 Å². The van der Waals surface area contributed by atoms with Crippen molar-refractivity contribution in [3.05, 3.63) is 47.7 Å². The molecule has 6 nitrogen and oxygen atoms in total. The number of aromatic nitrogens is 4. The Morgan fingerprint density at radius 1 is 1.26 bits per heavy atom. The van der Waals surface area contributed by atoms with Gasteiger partial charge >= 0.3 is 0 Å². The summed E-state index contributed by atoms with van der Waals surface area (Å²) in [6.45, 7) is 3.96. The van der Waals surface area contributed by atoms with Crippen LogP contribution in [0.15, 0.2) is 30.9 Å². The Bertz CT molecular complexity index is 742. The third-order valence-corrected chi connectivity index (χ3v) is 3.09. The van der Waals surface area contributed by atoms with E-state index in [1.54, 1.807) is 0 Å². The molecular weight excluding hydrogens is 242 g/mol. The van der Waals surface area contributed by atoms with Gasteiger partial charge in [0, 0.05) is 10.9 Å². The fraction of sp³-hybridized carbons (Fsp3) is 0.154. The molecule has 3 aromatic rings. The van der Waals surface area contributed by atoms with E-state index in [-0.39, 0.29) is 5.91 Å². The topological polar surface area (TPSA) is 75.6 Å². The molecule has 0 atom stereocenters. The Labute approximate surface area is 109 Å². The van der Waals surface area contributed by atoms with Gasteiger partial charge in [0.15, 0.2) is 0 Å². The summed E-state index contributed by atoms with van der Waals surface area (Å²) in [4.78, 5) is 15.3. The molecule has 0 aliphatic heterocycles. The summed E-state index contributed by atoms with van der Waals surface area (Å²) in [5.41, 5.74) is 6.28. The number of fused-ring (bicyclic) bond motifs is 1. The molecule has 1 aromatic carbocycles. The first-order valence-corrected chi connectivity index (χ1v) is 5.90. The van der Waals surface area contributed by atoms with Crippen molar-refractivity contribution >= 4 is 16.8 Å². The fourth-order valence-electron chi connectivity index (χ4n) is 2.10. The normalized spacial score (nSPS) is 10.8. The Morgan fingerprint density at radius 3 is 2.74 bits per heavy atom. The fourth-order valence-corrected chi connectivity index (χ4v) is 2.10. The van der Waals surface area contributed by atoms with Gasteiger partial charge in [0.1, 0.15) is 18.3 Å². The molecule has 0 aliphatic rings. The van der Waals surface area contributed by atoms with Gasteiger partial charge in [0.2, 0.25) is 0 Å². The minimum absolute atomic E-state index is 0.217. The number of aromatic amines is 1. The molecule has 0 saturated heterocycles. The number of nitrogens with zero attached hydrogens (tertiary/aromatic N) is 3. The van der Waals surface area contributed by atoms with E-state index < -0.39 is 0 Å². The molecule has 0 unspecified atom stereocenters. The lowest BCUT2D eigenvalue weighted by molar-refractivity contribution is 0.100. The van der Waals surface area contributed by atoms with Crippen LogP contribution in [0.1, 0.15) is 21.6 Å². The molecule has 2 aromatic heterocycles. The van der Waals surface area contributed by atoms with Crippen molar-refractivity contribution in [1.29, 1.82) is 0 Å². The largest absolute Gasteiger partial charge is 0.350 e. The number of hydrogen-bond donors (Lipinski definition) is 2. The molecule has 1 amide bonds. The van der Waals surface area contributed by atoms with Crippen molar-refractivity contribution in [3.63, 3.8) is 0 Å². The highest BCUT2D eigenvalue weighted by Crippen LogP contribution is 2.22. The summed E-state index contributed by atoms with van der Waals surface area (Å²) in [7, 11) is 0. The maximum atomic E-state index is 12.2. The first kappa shape index (κ1) is 11.5. The molecule has 96 valence electrons. The van der Waals surface area contributed by atoms with Crippen molar-refractivity contribution in [2.24, 2.45) is 0 Å². The molecule has 0 spiro atoms. The number of aryl methyl sites for hydroxylation is 2. The van der Waals surface area contributed by atoms with E-state index in [1.165, 1.54) is 22.9 Å². The predicted octanol–water partition coefficient (Wildman–Crippen LogP) is 1.76. The molecule has 0 aliphatic carbocycles. The molecule has 2 N–H and O–H groups in total. The second-order valence-electron chi connectivity index (χ2n) is 4.48. The molecule has 0 fully saturated rings. The molecule has 0 saturated carbocycles. The highest BCUT2D eigenvalue weighted by Gasteiger charge is 2.14. The van der Waals surface area contributed by atoms with Crippen LogP contribution in [0.4, 0.5) is 0 Å². The van der Waals surface area contributed by atoms with Gasteiger partial charge in [0.25, 0.3) is 5.91 Å². The molecule has 2 heterocycles. The number of H-pyrrole nitrogens is 1. The van der Waals surface area contributed by atoms with Crippen molar-refractivity contribution < 1.29 is 4.79 Å². The first-order chi connectivity index (χ1) is 9.15. The van der Waals surface area contributed by atoms with E-state index >= 15 is 0 Å². The number of rotatable bonds is 2. The Kier molecular flexibility index (Phi) is 2.56. The monoisotopic (exact) mass is 255 g/mol. The Balaban J connectivity index is 2.00. The van der Waals surface area contributed by atoms with E-state index in [0.29, 0.717) is 5.69 Å². The summed E-state index contributed by atoms with van der Waals surface area (Å²) in [5.74, 6) is -0.217. The van der Waals surface area contributed by atoms with Crippen LogP contribution >= 0.6 is 0 Å². The Morgan fingerprint density at radius 2 is 2.00 bits per heavy atom. The van der Waals surface area contributed by atoms with Crippen LogP contribution in [-0.2, 0) is 0 Å². The van der Waals surface area contributed by atoms with Crippen LogP contribution < -0.4 is 5.43 Å². The van der Waals surface area contributed by atoms with E-state index in [4.69, 9.17) is 0 Å². The van der Waals surface area contributed by atoms with E-state index in [0.717, 1.165) is 16.5 Å². The maximum absolute atomic E-state index is 12.2. The van der Waals surface area contributed by atoms with Crippen molar-refractivity contribution in [2.75, 3.05) is 5.43 Å². The highest BCUT2D eigenvalue weighted by atomic mass is 16.2. The van der Waals surface area contributed by atoms with Gasteiger partial charge in [-0.25, -0.2) is 4.68 Å². The minimum Gasteiger partial charge on any atom is -0.350 e. The lowest BCUT2D eigenvalue weighted by atomic mass is 10.1. The molecule has 0 radical (unpaired) electrons. The second-order valence-corrected chi connectivity index (χ2v) is 4.48. The SMILES string of the molecule is Cc1ccc2[nH]c(C(=O)Nn3cnnc3)c(C)c2c1. The van der Waals surface area contributed by atoms with Gasteiger partial charge < -0.3 is 4.98 Å². The zero-order chi connectivity index (χ0) is 13.4. The summed E-state index contributed by atoms with van der Waals surface area (Å²) in [6.07, 6.45) is 2.86. The van der Waals surface area contributed by atoms with Crippen molar-refractivity contribution in [3.8, 4) is 0 Å². The van der Waals surface area contributed by atoms with Crippen LogP contribution in [0.2, 0.25) is 0 Å². The standard InChI is InChI=1S/C13H13N5O/c1-8-3-4-11-10(5-8)9(2)12(16-11)13(19)17-18-6-14-15-7-18/h3-7,16H,1-2H3,(H,17,19). The second kappa shape index (κ2) is 4.24. The van der Waals surface area contributed by atoms with Crippen LogP contribution in [0.3, 0.4) is 0 Å². The molecular formula is C13H13N5O. The first-order valence-electron chi connectivity index (χ1n) is 5.90. The molecule has 19 heavy (non-hydrogen) atoms. The predicted molar refractivity (Wildman–Crippen MR) is 71.5 cm³/mol. The van der Waals surface area contributed by atoms with Gasteiger partial charge in [-0.3, -0.25) is 10.2 Å². The third kappa shape index (κ3) is 1.97. The summed E-state index contributed by atoms with van der Waals surface area (Å²) in [6, 6.07) is 6.06. The highest BCUT2D eigenvalue weighted by molar-refractivity contribution is 6.04. The van der Waals surface area contributed by atoms with Crippen LogP contribution in [0, 0.1) is 13.8 Å². The number of benzene rings is 1. The van der Waals surface area contributed by atoms with Crippen molar-refractivity contribution in [1.82, 2.24) is 19.9 Å². The number of amides is 1. The quantitative estimate of drug-likeness (QED) is 0.732. The van der Waals surface area contributed by atoms with E-state index in [1.807, 2.05) is 26.0 Å². The van der Waals surface area contributed by atoms with Crippen LogP contribution in [-0.4, -0.2) is 25.8 Å². The zero-order valence-corrected chi connectivity index (χ0v) is 10.6. The lowest BCUT2D eigenvalue weighted by Gasteiger charge is -2.03. The number of nitrogens with one attached hydrogen (secondary N) is 2. The maximum Gasteiger partial charge on any atom is 0.286 e. The van der Waals surface area contributed by atoms with Crippen LogP contribution in [0.5, 0.6) is 0 Å². The summed E-state index contributed by atoms with van der Waals surface area (Å²) in [5, 5.41) is 8.33. The van der Waals surface area contributed by atoms with Gasteiger partial charge in [-0.05, 0) is 31.5 Å². The molecule has 3 rings (SSSR count). The lowest BCUT2D eigenvalue weighted by Crippen LogP contribution is -2.22. The van der Waals surface area contributed by atoms with Gasteiger partial charge in [0.05, 0.1) is 0 Å². The molecule has 6 heteroatoms. The third-order valence-electron chi connectivity index (χ3n) is 3.09. The Hall–Kier alpha value is -2.63. The van der Waals surface area contributed by atoms with E-state index in [9.17, 15) is 4.79 Å². The summed E-state index contributed by atoms with van der Waals surface area (Å²) < 4.78 is 1.42. The number of hydrogen-bond acceptors (Lipinski definition) is 3. The average Bonchev–Trinajstić information content (AvgIpc) is 2.98. The van der Waals surface area contributed by atoms with Gasteiger partial charge in [-0.2, -0.15) is 0 Å². The van der Waals surface area contributed by atoms with E-state index in [2.05, 4.69) is 26.7 Å². The average molecular weight is 255 g/mol. The number of carbonyl (C=O) groups is 1. The number of carbonyl (C=O) groups excluding carboxylic acids is 1. The molecule has 0 bridgehead atoms. The minimum atomic E-state index is -0.217. The van der Waals surface area contributed by atoms with Gasteiger partial charge in [-0.1, -0.05) is 11.6 Å².